The Hall–Kier alpha value is -1.39. The molecule has 56 valence electrons. The number of carbonyl (C=O) groups excluding carboxylic acids is 2. The lowest BCUT2D eigenvalue weighted by Crippen LogP contribution is -2.38. The van der Waals surface area contributed by atoms with E-state index in [-0.39, 0.29) is 0 Å². The fourth-order valence-corrected chi connectivity index (χ4v) is 0.268. The van der Waals surface area contributed by atoms with E-state index in [1.807, 2.05) is 0 Å². The molecule has 0 fully saturated rings. The lowest BCUT2D eigenvalue weighted by molar-refractivity contribution is -0.115. The van der Waals surface area contributed by atoms with Gasteiger partial charge in [0.1, 0.15) is 0 Å². The zero-order chi connectivity index (χ0) is 7.98. The average molecular weight is 146 g/mol. The van der Waals surface area contributed by atoms with Gasteiger partial charge in [0.2, 0.25) is 0 Å². The van der Waals surface area contributed by atoms with Gasteiger partial charge in [-0.3, -0.25) is 10.1 Å². The van der Waals surface area contributed by atoms with Gasteiger partial charge >= 0.3 is 6.03 Å². The zero-order valence-electron chi connectivity index (χ0n) is 5.19. The van der Waals surface area contributed by atoms with Gasteiger partial charge in [-0.25, -0.2) is 9.18 Å². The summed E-state index contributed by atoms with van der Waals surface area (Å²) in [6.07, 6.45) is 0.914. The van der Waals surface area contributed by atoms with Gasteiger partial charge in [-0.2, -0.15) is 0 Å². The molecule has 2 N–H and O–H groups in total. The molecule has 0 aliphatic heterocycles. The maximum Gasteiger partial charge on any atom is 0.323 e. The van der Waals surface area contributed by atoms with Gasteiger partial charge < -0.3 is 5.32 Å². The van der Waals surface area contributed by atoms with E-state index in [1.54, 1.807) is 10.6 Å². The van der Waals surface area contributed by atoms with Gasteiger partial charge in [-0.05, 0) is 6.08 Å². The Morgan fingerprint density at radius 3 is 2.60 bits per heavy atom. The van der Waals surface area contributed by atoms with Crippen molar-refractivity contribution in [2.45, 2.75) is 0 Å². The maximum absolute atomic E-state index is 11.3. The summed E-state index contributed by atoms with van der Waals surface area (Å²) in [7, 11) is 0. The van der Waals surface area contributed by atoms with Crippen LogP contribution >= 0.6 is 0 Å². The summed E-state index contributed by atoms with van der Waals surface area (Å²) >= 11 is 0. The smallest absolute Gasteiger partial charge is 0.310 e. The second kappa shape index (κ2) is 4.49. The number of urea groups is 1. The number of carbonyl (C=O) groups is 2. The molecule has 4 nitrogen and oxygen atoms in total. The summed E-state index contributed by atoms with van der Waals surface area (Å²) in [5.74, 6) is -0.661. The van der Waals surface area contributed by atoms with Crippen LogP contribution in [-0.4, -0.2) is 18.7 Å². The van der Waals surface area contributed by atoms with Crippen LogP contribution in [0.15, 0.2) is 12.7 Å². The van der Waals surface area contributed by atoms with Crippen LogP contribution in [0.25, 0.3) is 0 Å². The quantitative estimate of drug-likeness (QED) is 0.423. The monoisotopic (exact) mass is 146 g/mol. The second-order valence-electron chi connectivity index (χ2n) is 1.33. The van der Waals surface area contributed by atoms with Gasteiger partial charge in [0, 0.05) is 0 Å². The summed E-state index contributed by atoms with van der Waals surface area (Å²) in [4.78, 5) is 20.6. The van der Waals surface area contributed by atoms with Gasteiger partial charge in [-0.15, -0.1) is 0 Å². The Morgan fingerprint density at radius 2 is 2.20 bits per heavy atom. The van der Waals surface area contributed by atoms with E-state index < -0.39 is 18.7 Å². The van der Waals surface area contributed by atoms with Crippen molar-refractivity contribution in [3.8, 4) is 0 Å². The number of halogens is 1. The van der Waals surface area contributed by atoms with E-state index in [0.717, 1.165) is 6.08 Å². The van der Waals surface area contributed by atoms with E-state index >= 15 is 0 Å². The molecule has 0 radical (unpaired) electrons. The SMILES string of the molecule is C=CC(=O)NC(=O)NCF. The molecule has 0 aromatic heterocycles. The Kier molecular flexibility index (Phi) is 3.86. The van der Waals surface area contributed by atoms with E-state index in [2.05, 4.69) is 6.58 Å². The first-order valence-corrected chi connectivity index (χ1v) is 2.48. The third-order valence-corrected chi connectivity index (χ3v) is 0.649. The normalized spacial score (nSPS) is 8.10. The summed E-state index contributed by atoms with van der Waals surface area (Å²) in [6, 6.07) is -0.868. The zero-order valence-corrected chi connectivity index (χ0v) is 5.19. The average Bonchev–Trinajstić information content (AvgIpc) is 1.88. The van der Waals surface area contributed by atoms with Gasteiger partial charge in [-0.1, -0.05) is 6.58 Å². The van der Waals surface area contributed by atoms with E-state index in [1.165, 1.54) is 0 Å². The molecular formula is C5H7FN2O2. The fraction of sp³-hybridized carbons (Fsp3) is 0.200. The number of imide groups is 1. The van der Waals surface area contributed by atoms with Crippen molar-refractivity contribution in [3.63, 3.8) is 0 Å². The molecule has 0 saturated carbocycles. The summed E-state index contributed by atoms with van der Waals surface area (Å²) in [5, 5.41) is 3.51. The first kappa shape index (κ1) is 8.61. The summed E-state index contributed by atoms with van der Waals surface area (Å²) < 4.78 is 11.3. The van der Waals surface area contributed by atoms with Crippen molar-refractivity contribution in [2.75, 3.05) is 6.80 Å². The van der Waals surface area contributed by atoms with E-state index in [0.29, 0.717) is 0 Å². The van der Waals surface area contributed by atoms with Crippen LogP contribution in [0.1, 0.15) is 0 Å². The first-order valence-electron chi connectivity index (χ1n) is 2.48. The largest absolute Gasteiger partial charge is 0.323 e. The number of alkyl halides is 1. The Labute approximate surface area is 57.1 Å². The van der Waals surface area contributed by atoms with Crippen LogP contribution in [0.4, 0.5) is 9.18 Å². The predicted octanol–water partition coefficient (Wildman–Crippen LogP) is -0.0748. The first-order chi connectivity index (χ1) is 4.70. The highest BCUT2D eigenvalue weighted by Gasteiger charge is 2.00. The van der Waals surface area contributed by atoms with Crippen molar-refractivity contribution in [1.29, 1.82) is 0 Å². The van der Waals surface area contributed by atoms with Crippen LogP contribution < -0.4 is 10.6 Å². The fourth-order valence-electron chi connectivity index (χ4n) is 0.268. The lowest BCUT2D eigenvalue weighted by atomic mass is 10.6. The number of nitrogens with one attached hydrogen (secondary N) is 2. The molecule has 0 saturated heterocycles. The highest BCUT2D eigenvalue weighted by atomic mass is 19.1. The van der Waals surface area contributed by atoms with E-state index in [4.69, 9.17) is 0 Å². The van der Waals surface area contributed by atoms with Gasteiger partial charge in [0.05, 0.1) is 0 Å². The maximum atomic E-state index is 11.3. The molecule has 10 heavy (non-hydrogen) atoms. The third-order valence-electron chi connectivity index (χ3n) is 0.649. The van der Waals surface area contributed by atoms with Gasteiger partial charge in [0.25, 0.3) is 5.91 Å². The van der Waals surface area contributed by atoms with Gasteiger partial charge in [0.15, 0.2) is 6.80 Å². The Bertz CT molecular complexity index is 158. The van der Waals surface area contributed by atoms with E-state index in [9.17, 15) is 14.0 Å². The number of hydrogen-bond acceptors (Lipinski definition) is 2. The predicted molar refractivity (Wildman–Crippen MR) is 32.8 cm³/mol. The summed E-state index contributed by atoms with van der Waals surface area (Å²) in [6.45, 7) is 2.08. The molecule has 0 aliphatic carbocycles. The van der Waals surface area contributed by atoms with Crippen molar-refractivity contribution >= 4 is 11.9 Å². The standard InChI is InChI=1S/C5H7FN2O2/c1-2-4(9)8-5(10)7-3-6/h2H,1,3H2,(H2,7,8,9,10). The Morgan fingerprint density at radius 1 is 1.60 bits per heavy atom. The molecule has 0 aromatic carbocycles. The van der Waals surface area contributed by atoms with Crippen molar-refractivity contribution in [3.05, 3.63) is 12.7 Å². The topological polar surface area (TPSA) is 58.2 Å². The van der Waals surface area contributed by atoms with Crippen molar-refractivity contribution in [1.82, 2.24) is 10.6 Å². The van der Waals surface area contributed by atoms with Crippen LogP contribution in [-0.2, 0) is 4.79 Å². The lowest BCUT2D eigenvalue weighted by Gasteiger charge is -1.98. The molecule has 3 amide bonds. The number of rotatable bonds is 2. The minimum atomic E-state index is -1.00. The molecular weight excluding hydrogens is 139 g/mol. The molecule has 0 spiro atoms. The molecule has 0 rings (SSSR count). The summed E-state index contributed by atoms with van der Waals surface area (Å²) in [5.41, 5.74) is 0. The molecule has 0 atom stereocenters. The highest BCUT2D eigenvalue weighted by Crippen LogP contribution is 1.68. The molecule has 0 aliphatic rings. The minimum absolute atomic E-state index is 0.661. The van der Waals surface area contributed by atoms with Crippen LogP contribution in [0.2, 0.25) is 0 Å². The van der Waals surface area contributed by atoms with Crippen LogP contribution in [0, 0.1) is 0 Å². The molecule has 0 heterocycles. The van der Waals surface area contributed by atoms with Crippen LogP contribution in [0.3, 0.4) is 0 Å². The highest BCUT2D eigenvalue weighted by molar-refractivity contribution is 5.99. The number of amides is 3. The second-order valence-corrected chi connectivity index (χ2v) is 1.33. The number of hydrogen-bond donors (Lipinski definition) is 2. The van der Waals surface area contributed by atoms with Crippen molar-refractivity contribution in [2.24, 2.45) is 0 Å². The minimum Gasteiger partial charge on any atom is -0.310 e. The van der Waals surface area contributed by atoms with Crippen LogP contribution in [0.5, 0.6) is 0 Å². The molecule has 0 unspecified atom stereocenters. The molecule has 0 bridgehead atoms. The third kappa shape index (κ3) is 3.59. The van der Waals surface area contributed by atoms with Crippen molar-refractivity contribution < 1.29 is 14.0 Å². The molecule has 5 heteroatoms. The molecule has 0 aromatic rings. The Balaban J connectivity index is 3.57.